The van der Waals surface area contributed by atoms with Crippen molar-refractivity contribution in [2.45, 2.75) is 19.8 Å². The van der Waals surface area contributed by atoms with Crippen LogP contribution < -0.4 is 5.73 Å². The van der Waals surface area contributed by atoms with Crippen molar-refractivity contribution in [3.63, 3.8) is 0 Å². The van der Waals surface area contributed by atoms with E-state index in [0.29, 0.717) is 0 Å². The van der Waals surface area contributed by atoms with E-state index in [2.05, 4.69) is 47.1 Å². The third-order valence-electron chi connectivity index (χ3n) is 2.13. The minimum atomic E-state index is 0.855. The fraction of sp³-hybridized carbons (Fsp3) is 0.333. The summed E-state index contributed by atoms with van der Waals surface area (Å²) in [5.41, 5.74) is 9.18. The van der Waals surface area contributed by atoms with Crippen LogP contribution in [0.15, 0.2) is 24.3 Å². The Bertz CT molecular complexity index is 318. The minimum absolute atomic E-state index is 0.855. The normalized spacial score (nSPS) is 11.0. The zero-order chi connectivity index (χ0) is 10.4. The number of anilines is 1. The summed E-state index contributed by atoms with van der Waals surface area (Å²) in [6.07, 6.45) is 6.32. The molecule has 1 aromatic rings. The van der Waals surface area contributed by atoms with Gasteiger partial charge in [0.15, 0.2) is 0 Å². The molecule has 2 N–H and O–H groups in total. The molecule has 0 fully saturated rings. The molecule has 0 aliphatic heterocycles. The summed E-state index contributed by atoms with van der Waals surface area (Å²) in [5.74, 6) is 0. The number of halogens is 1. The number of allylic oxidation sites excluding steroid dienone is 1. The molecule has 0 spiro atoms. The minimum Gasteiger partial charge on any atom is -0.398 e. The summed E-state index contributed by atoms with van der Waals surface area (Å²) in [6, 6.07) is 6.21. The highest BCUT2D eigenvalue weighted by molar-refractivity contribution is 9.09. The number of rotatable bonds is 4. The van der Waals surface area contributed by atoms with Gasteiger partial charge in [-0.2, -0.15) is 0 Å². The van der Waals surface area contributed by atoms with E-state index in [9.17, 15) is 0 Å². The highest BCUT2D eigenvalue weighted by atomic mass is 79.9. The van der Waals surface area contributed by atoms with Gasteiger partial charge in [0.2, 0.25) is 0 Å². The van der Waals surface area contributed by atoms with Crippen LogP contribution in [-0.2, 0) is 6.42 Å². The van der Waals surface area contributed by atoms with Gasteiger partial charge in [0.05, 0.1) is 0 Å². The van der Waals surface area contributed by atoms with E-state index in [0.717, 1.165) is 29.4 Å². The van der Waals surface area contributed by atoms with Gasteiger partial charge in [0.1, 0.15) is 0 Å². The van der Waals surface area contributed by atoms with Crippen molar-refractivity contribution in [2.24, 2.45) is 0 Å². The van der Waals surface area contributed by atoms with E-state index in [1.807, 2.05) is 6.07 Å². The summed E-state index contributed by atoms with van der Waals surface area (Å²) >= 11 is 3.39. The number of nitrogens with two attached hydrogens (primary N) is 1. The van der Waals surface area contributed by atoms with Gasteiger partial charge in [-0.3, -0.25) is 0 Å². The maximum atomic E-state index is 5.86. The van der Waals surface area contributed by atoms with Crippen molar-refractivity contribution < 1.29 is 0 Å². The number of hydrogen-bond donors (Lipinski definition) is 1. The molecular weight excluding hydrogens is 238 g/mol. The Morgan fingerprint density at radius 2 is 2.21 bits per heavy atom. The Morgan fingerprint density at radius 3 is 2.86 bits per heavy atom. The molecule has 0 bridgehead atoms. The Balaban J connectivity index is 2.83. The van der Waals surface area contributed by atoms with Gasteiger partial charge in [-0.15, -0.1) is 0 Å². The lowest BCUT2D eigenvalue weighted by Crippen LogP contribution is -1.91. The second-order valence-corrected chi connectivity index (χ2v) is 3.99. The molecule has 0 saturated heterocycles. The van der Waals surface area contributed by atoms with Crippen LogP contribution in [-0.4, -0.2) is 5.33 Å². The molecule has 0 aliphatic rings. The van der Waals surface area contributed by atoms with Crippen molar-refractivity contribution in [3.05, 3.63) is 35.4 Å². The van der Waals surface area contributed by atoms with Crippen molar-refractivity contribution in [3.8, 4) is 0 Å². The lowest BCUT2D eigenvalue weighted by molar-refractivity contribution is 1.14. The van der Waals surface area contributed by atoms with Crippen molar-refractivity contribution >= 4 is 27.7 Å². The molecular formula is C12H16BrN. The quantitative estimate of drug-likeness (QED) is 0.644. The van der Waals surface area contributed by atoms with E-state index < -0.39 is 0 Å². The summed E-state index contributed by atoms with van der Waals surface area (Å²) in [5, 5.41) is 0.997. The van der Waals surface area contributed by atoms with Crippen LogP contribution in [0.25, 0.3) is 6.08 Å². The molecule has 0 aromatic heterocycles. The molecule has 0 amide bonds. The first-order chi connectivity index (χ1) is 6.77. The number of nitrogen functional groups attached to an aromatic ring is 1. The van der Waals surface area contributed by atoms with Crippen LogP contribution in [0.1, 0.15) is 24.5 Å². The number of benzene rings is 1. The summed E-state index contributed by atoms with van der Waals surface area (Å²) in [6.45, 7) is 2.15. The zero-order valence-corrected chi connectivity index (χ0v) is 10.0. The molecule has 1 aromatic carbocycles. The second kappa shape index (κ2) is 5.86. The monoisotopic (exact) mass is 253 g/mol. The van der Waals surface area contributed by atoms with Gasteiger partial charge in [-0.25, -0.2) is 0 Å². The fourth-order valence-corrected chi connectivity index (χ4v) is 1.53. The molecule has 1 nitrogen and oxygen atoms in total. The second-order valence-electron chi connectivity index (χ2n) is 3.20. The van der Waals surface area contributed by atoms with Gasteiger partial charge >= 0.3 is 0 Å². The Labute approximate surface area is 94.1 Å². The zero-order valence-electron chi connectivity index (χ0n) is 8.46. The molecule has 76 valence electrons. The molecule has 0 unspecified atom stereocenters. The smallest absolute Gasteiger partial charge is 0.0387 e. The van der Waals surface area contributed by atoms with Gasteiger partial charge in [0.25, 0.3) is 0 Å². The summed E-state index contributed by atoms with van der Waals surface area (Å²) in [4.78, 5) is 0. The SMILES string of the molecule is CCc1ccc(N)c(C=CCCBr)c1. The highest BCUT2D eigenvalue weighted by Crippen LogP contribution is 2.16. The molecule has 1 rings (SSSR count). The lowest BCUT2D eigenvalue weighted by atomic mass is 10.1. The molecule has 0 radical (unpaired) electrons. The molecule has 0 heterocycles. The van der Waals surface area contributed by atoms with E-state index in [4.69, 9.17) is 5.73 Å². The van der Waals surface area contributed by atoms with Gasteiger partial charge in [-0.1, -0.05) is 41.1 Å². The van der Waals surface area contributed by atoms with Crippen LogP contribution >= 0.6 is 15.9 Å². The van der Waals surface area contributed by atoms with E-state index in [-0.39, 0.29) is 0 Å². The fourth-order valence-electron chi connectivity index (χ4n) is 1.26. The van der Waals surface area contributed by atoms with E-state index >= 15 is 0 Å². The Kier molecular flexibility index (Phi) is 4.74. The van der Waals surface area contributed by atoms with E-state index in [1.165, 1.54) is 5.56 Å². The third-order valence-corrected chi connectivity index (χ3v) is 2.59. The average Bonchev–Trinajstić information content (AvgIpc) is 2.21. The van der Waals surface area contributed by atoms with Gasteiger partial charge in [-0.05, 0) is 36.1 Å². The lowest BCUT2D eigenvalue weighted by Gasteiger charge is -2.03. The maximum Gasteiger partial charge on any atom is 0.0387 e. The van der Waals surface area contributed by atoms with Crippen LogP contribution in [0.4, 0.5) is 5.69 Å². The van der Waals surface area contributed by atoms with E-state index in [1.54, 1.807) is 0 Å². The van der Waals surface area contributed by atoms with Crippen molar-refractivity contribution in [2.75, 3.05) is 11.1 Å². The maximum absolute atomic E-state index is 5.86. The topological polar surface area (TPSA) is 26.0 Å². The number of hydrogen-bond acceptors (Lipinski definition) is 1. The standard InChI is InChI=1S/C12H16BrN/c1-2-10-6-7-12(14)11(9-10)5-3-4-8-13/h3,5-7,9H,2,4,8,14H2,1H3. The van der Waals surface area contributed by atoms with Crippen LogP contribution in [0.5, 0.6) is 0 Å². The molecule has 14 heavy (non-hydrogen) atoms. The van der Waals surface area contributed by atoms with Gasteiger partial charge < -0.3 is 5.73 Å². The molecule has 0 saturated carbocycles. The first-order valence-electron chi connectivity index (χ1n) is 4.88. The van der Waals surface area contributed by atoms with Crippen LogP contribution in [0.3, 0.4) is 0 Å². The average molecular weight is 254 g/mol. The molecule has 2 heteroatoms. The number of alkyl halides is 1. The van der Waals surface area contributed by atoms with Crippen molar-refractivity contribution in [1.82, 2.24) is 0 Å². The third kappa shape index (κ3) is 3.18. The predicted octanol–water partition coefficient (Wildman–Crippen LogP) is 3.63. The van der Waals surface area contributed by atoms with Crippen LogP contribution in [0.2, 0.25) is 0 Å². The largest absolute Gasteiger partial charge is 0.398 e. The van der Waals surface area contributed by atoms with Crippen molar-refractivity contribution in [1.29, 1.82) is 0 Å². The Hall–Kier alpha value is -0.760. The predicted molar refractivity (Wildman–Crippen MR) is 67.7 cm³/mol. The summed E-state index contributed by atoms with van der Waals surface area (Å²) < 4.78 is 0. The van der Waals surface area contributed by atoms with Gasteiger partial charge in [0, 0.05) is 11.0 Å². The number of aryl methyl sites for hydroxylation is 1. The highest BCUT2D eigenvalue weighted by Gasteiger charge is 1.96. The van der Waals surface area contributed by atoms with Crippen LogP contribution in [0, 0.1) is 0 Å². The molecule has 0 aliphatic carbocycles. The first-order valence-corrected chi connectivity index (χ1v) is 6.01. The summed E-state index contributed by atoms with van der Waals surface area (Å²) in [7, 11) is 0. The molecule has 0 atom stereocenters. The first kappa shape index (κ1) is 11.3. The Morgan fingerprint density at radius 1 is 1.43 bits per heavy atom.